The molecule has 0 aromatic rings. The van der Waals surface area contributed by atoms with Crippen molar-refractivity contribution in [3.63, 3.8) is 0 Å². The molecule has 0 bridgehead atoms. The first-order chi connectivity index (χ1) is 9.36. The first-order valence-electron chi connectivity index (χ1n) is 7.24. The van der Waals surface area contributed by atoms with E-state index in [9.17, 15) is 9.59 Å². The molecule has 1 saturated heterocycles. The fourth-order valence-corrected chi connectivity index (χ4v) is 3.80. The number of fused-ring (bicyclic) bond motifs is 1. The molecule has 0 aromatic heterocycles. The summed E-state index contributed by atoms with van der Waals surface area (Å²) in [5, 5.41) is 0. The molecule has 3 unspecified atom stereocenters. The molecule has 112 valence electrons. The van der Waals surface area contributed by atoms with E-state index in [0.29, 0.717) is 32.5 Å². The second-order valence-corrected chi connectivity index (χ2v) is 7.16. The van der Waals surface area contributed by atoms with Crippen molar-refractivity contribution in [1.29, 1.82) is 0 Å². The Kier molecular flexibility index (Phi) is 3.18. The van der Waals surface area contributed by atoms with Crippen molar-refractivity contribution in [2.45, 2.75) is 38.9 Å². The molecule has 1 heterocycles. The molecule has 1 spiro atoms. The molecule has 2 saturated carbocycles. The third-order valence-corrected chi connectivity index (χ3v) is 4.87. The summed E-state index contributed by atoms with van der Waals surface area (Å²) >= 11 is 0. The van der Waals surface area contributed by atoms with E-state index in [2.05, 4.69) is 13.8 Å². The predicted octanol–water partition coefficient (Wildman–Crippen LogP) is 1.54. The second kappa shape index (κ2) is 4.53. The van der Waals surface area contributed by atoms with Crippen LogP contribution in [0.3, 0.4) is 0 Å². The highest BCUT2D eigenvalue weighted by atomic mass is 16.7. The fourth-order valence-electron chi connectivity index (χ4n) is 3.80. The molecule has 0 N–H and O–H groups in total. The zero-order valence-electron chi connectivity index (χ0n) is 12.3. The average Bonchev–Trinajstić information content (AvgIpc) is 2.86. The maximum atomic E-state index is 12.0. The predicted molar refractivity (Wildman–Crippen MR) is 69.8 cm³/mol. The van der Waals surface area contributed by atoms with E-state index < -0.39 is 17.7 Å². The van der Waals surface area contributed by atoms with Gasteiger partial charge in [0, 0.05) is 24.7 Å². The lowest BCUT2D eigenvalue weighted by Gasteiger charge is -2.42. The van der Waals surface area contributed by atoms with Gasteiger partial charge in [0.25, 0.3) is 0 Å². The lowest BCUT2D eigenvalue weighted by atomic mass is 9.91. The van der Waals surface area contributed by atoms with Gasteiger partial charge >= 0.3 is 5.97 Å². The number of Topliss-reactive ketones (excluding diaryl/α,β-unsaturated/α-hetero) is 1. The number of hydrogen-bond donors (Lipinski definition) is 0. The summed E-state index contributed by atoms with van der Waals surface area (Å²) in [6.45, 7) is 5.53. The monoisotopic (exact) mass is 282 g/mol. The van der Waals surface area contributed by atoms with Gasteiger partial charge in [-0.05, 0) is 11.8 Å². The number of carbonyl (C=O) groups excluding carboxylic acids is 2. The SMILES string of the molecule is COC(=O)C1C(=O)CC2CC3(CC21)OCC(C)(C)CO3. The highest BCUT2D eigenvalue weighted by molar-refractivity contribution is 6.01. The minimum atomic E-state index is -0.619. The highest BCUT2D eigenvalue weighted by Crippen LogP contribution is 2.53. The summed E-state index contributed by atoms with van der Waals surface area (Å²) in [5.74, 6) is -1.40. The summed E-state index contributed by atoms with van der Waals surface area (Å²) in [6.07, 6.45) is 1.79. The van der Waals surface area contributed by atoms with Gasteiger partial charge < -0.3 is 14.2 Å². The van der Waals surface area contributed by atoms with Crippen LogP contribution in [0.4, 0.5) is 0 Å². The molecule has 1 aliphatic heterocycles. The van der Waals surface area contributed by atoms with Gasteiger partial charge in [-0.1, -0.05) is 13.8 Å². The first-order valence-corrected chi connectivity index (χ1v) is 7.24. The smallest absolute Gasteiger partial charge is 0.316 e. The number of ether oxygens (including phenoxy) is 3. The Hall–Kier alpha value is -0.940. The van der Waals surface area contributed by atoms with Gasteiger partial charge in [-0.25, -0.2) is 0 Å². The molecule has 5 heteroatoms. The van der Waals surface area contributed by atoms with E-state index in [0.717, 1.165) is 0 Å². The minimum Gasteiger partial charge on any atom is -0.468 e. The molecule has 0 radical (unpaired) electrons. The quantitative estimate of drug-likeness (QED) is 0.539. The molecule has 0 aromatic carbocycles. The Balaban J connectivity index is 1.74. The molecule has 2 aliphatic carbocycles. The van der Waals surface area contributed by atoms with Crippen molar-refractivity contribution >= 4 is 11.8 Å². The van der Waals surface area contributed by atoms with Crippen LogP contribution in [0.15, 0.2) is 0 Å². The van der Waals surface area contributed by atoms with Gasteiger partial charge in [0.2, 0.25) is 0 Å². The first kappa shape index (κ1) is 14.0. The number of carbonyl (C=O) groups is 2. The van der Waals surface area contributed by atoms with Crippen molar-refractivity contribution in [3.05, 3.63) is 0 Å². The molecular weight excluding hydrogens is 260 g/mol. The summed E-state index contributed by atoms with van der Waals surface area (Å²) in [7, 11) is 1.34. The van der Waals surface area contributed by atoms with Crippen molar-refractivity contribution in [3.8, 4) is 0 Å². The van der Waals surface area contributed by atoms with Crippen LogP contribution in [0.1, 0.15) is 33.1 Å². The van der Waals surface area contributed by atoms with Gasteiger partial charge in [-0.3, -0.25) is 9.59 Å². The maximum absolute atomic E-state index is 12.0. The number of hydrogen-bond acceptors (Lipinski definition) is 5. The number of ketones is 1. The van der Waals surface area contributed by atoms with Crippen LogP contribution in [-0.2, 0) is 23.8 Å². The van der Waals surface area contributed by atoms with E-state index in [1.54, 1.807) is 0 Å². The Morgan fingerprint density at radius 2 is 1.90 bits per heavy atom. The van der Waals surface area contributed by atoms with Gasteiger partial charge in [0.1, 0.15) is 11.7 Å². The highest BCUT2D eigenvalue weighted by Gasteiger charge is 2.59. The van der Waals surface area contributed by atoms with E-state index >= 15 is 0 Å². The van der Waals surface area contributed by atoms with E-state index in [1.165, 1.54) is 7.11 Å². The van der Waals surface area contributed by atoms with Gasteiger partial charge in [0.15, 0.2) is 5.79 Å². The topological polar surface area (TPSA) is 61.8 Å². The van der Waals surface area contributed by atoms with Crippen LogP contribution in [0.2, 0.25) is 0 Å². The normalized spacial score (nSPS) is 38.0. The fraction of sp³-hybridized carbons (Fsp3) is 0.867. The molecule has 3 aliphatic rings. The Labute approximate surface area is 118 Å². The molecule has 3 atom stereocenters. The number of rotatable bonds is 1. The minimum absolute atomic E-state index is 0.0103. The third-order valence-electron chi connectivity index (χ3n) is 4.87. The average molecular weight is 282 g/mol. The van der Waals surface area contributed by atoms with Crippen LogP contribution in [0.25, 0.3) is 0 Å². The van der Waals surface area contributed by atoms with Crippen LogP contribution in [0, 0.1) is 23.2 Å². The zero-order valence-corrected chi connectivity index (χ0v) is 12.3. The van der Waals surface area contributed by atoms with Crippen molar-refractivity contribution in [2.75, 3.05) is 20.3 Å². The Bertz CT molecular complexity index is 424. The van der Waals surface area contributed by atoms with Gasteiger partial charge in [-0.15, -0.1) is 0 Å². The van der Waals surface area contributed by atoms with Crippen molar-refractivity contribution in [2.24, 2.45) is 23.2 Å². The molecule has 20 heavy (non-hydrogen) atoms. The molecule has 5 nitrogen and oxygen atoms in total. The maximum Gasteiger partial charge on any atom is 0.316 e. The molecule has 3 fully saturated rings. The van der Waals surface area contributed by atoms with Crippen molar-refractivity contribution < 1.29 is 23.8 Å². The number of methoxy groups -OCH3 is 1. The molecule has 0 amide bonds. The standard InChI is InChI=1S/C15H22O5/c1-14(2)7-19-15(20-8-14)5-9-4-11(16)12(10(9)6-15)13(17)18-3/h9-10,12H,4-8H2,1-3H3. The third kappa shape index (κ3) is 2.17. The summed E-state index contributed by atoms with van der Waals surface area (Å²) in [5.41, 5.74) is 0.0283. The van der Waals surface area contributed by atoms with Crippen LogP contribution >= 0.6 is 0 Å². The second-order valence-electron chi connectivity index (χ2n) is 7.16. The van der Waals surface area contributed by atoms with E-state index in [-0.39, 0.29) is 23.0 Å². The van der Waals surface area contributed by atoms with Crippen LogP contribution < -0.4 is 0 Å². The number of esters is 1. The summed E-state index contributed by atoms with van der Waals surface area (Å²) < 4.78 is 16.8. The van der Waals surface area contributed by atoms with E-state index in [4.69, 9.17) is 14.2 Å². The lowest BCUT2D eigenvalue weighted by Crippen LogP contribution is -2.46. The Morgan fingerprint density at radius 3 is 2.50 bits per heavy atom. The molecular formula is C15H22O5. The van der Waals surface area contributed by atoms with Crippen LogP contribution in [-0.4, -0.2) is 37.9 Å². The van der Waals surface area contributed by atoms with Gasteiger partial charge in [-0.2, -0.15) is 0 Å². The van der Waals surface area contributed by atoms with Crippen molar-refractivity contribution in [1.82, 2.24) is 0 Å². The summed E-state index contributed by atoms with van der Waals surface area (Å²) in [4.78, 5) is 23.8. The Morgan fingerprint density at radius 1 is 1.25 bits per heavy atom. The van der Waals surface area contributed by atoms with E-state index in [1.807, 2.05) is 0 Å². The summed E-state index contributed by atoms with van der Waals surface area (Å²) in [6, 6.07) is 0. The largest absolute Gasteiger partial charge is 0.468 e. The lowest BCUT2D eigenvalue weighted by molar-refractivity contribution is -0.297. The zero-order chi connectivity index (χ0) is 14.5. The van der Waals surface area contributed by atoms with Crippen LogP contribution in [0.5, 0.6) is 0 Å². The molecule has 3 rings (SSSR count). The van der Waals surface area contributed by atoms with Gasteiger partial charge in [0.05, 0.1) is 20.3 Å².